The Balaban J connectivity index is 2.00. The normalized spacial score (nSPS) is 13.3. The number of benzene rings is 4. The van der Waals surface area contributed by atoms with Gasteiger partial charge in [0.1, 0.15) is 17.2 Å². The first-order valence-corrected chi connectivity index (χ1v) is 24.4. The lowest BCUT2D eigenvalue weighted by Crippen LogP contribution is -2.19. The van der Waals surface area contributed by atoms with Crippen LogP contribution in [0.5, 0.6) is 17.2 Å². The highest BCUT2D eigenvalue weighted by Crippen LogP contribution is 2.44. The molecule has 0 aromatic heterocycles. The summed E-state index contributed by atoms with van der Waals surface area (Å²) in [6.45, 7) is 46.7. The van der Waals surface area contributed by atoms with Gasteiger partial charge in [0.2, 0.25) is 0 Å². The number of hydrogen-bond donors (Lipinski definition) is 3. The minimum absolute atomic E-state index is 0.186. The minimum atomic E-state index is -0.186. The molecule has 0 unspecified atom stereocenters. The molecule has 3 heteroatoms. The van der Waals surface area contributed by atoms with Gasteiger partial charge < -0.3 is 15.3 Å². The zero-order valence-corrected chi connectivity index (χ0v) is 44.2. The van der Waals surface area contributed by atoms with Crippen molar-refractivity contribution in [3.05, 3.63) is 120 Å². The van der Waals surface area contributed by atoms with E-state index in [0.29, 0.717) is 17.2 Å². The van der Waals surface area contributed by atoms with Crippen LogP contribution in [0.2, 0.25) is 0 Å². The van der Waals surface area contributed by atoms with Crippen molar-refractivity contribution in [3.63, 3.8) is 0 Å². The van der Waals surface area contributed by atoms with E-state index in [1.807, 2.05) is 0 Å². The third-order valence-electron chi connectivity index (χ3n) is 13.6. The van der Waals surface area contributed by atoms with Crippen LogP contribution in [0, 0.1) is 0 Å². The van der Waals surface area contributed by atoms with E-state index in [-0.39, 0.29) is 32.5 Å². The molecule has 0 bridgehead atoms. The second-order valence-corrected chi connectivity index (χ2v) is 25.1. The van der Waals surface area contributed by atoms with Crippen molar-refractivity contribution in [3.8, 4) is 17.2 Å². The Bertz CT molecular complexity index is 1870. The van der Waals surface area contributed by atoms with E-state index in [0.717, 1.165) is 91.2 Å². The summed E-state index contributed by atoms with van der Waals surface area (Å²) >= 11 is 0. The predicted octanol–water partition coefficient (Wildman–Crippen LogP) is 15.6. The van der Waals surface area contributed by atoms with Gasteiger partial charge in [-0.05, 0) is 174 Å². The van der Waals surface area contributed by atoms with Crippen LogP contribution in [0.3, 0.4) is 0 Å². The second-order valence-electron chi connectivity index (χ2n) is 25.1. The van der Waals surface area contributed by atoms with Crippen molar-refractivity contribution >= 4 is 0 Å². The topological polar surface area (TPSA) is 60.7 Å². The fraction of sp³-hybridized carbons (Fsp3) is 0.600. The number of phenols is 3. The van der Waals surface area contributed by atoms with E-state index >= 15 is 0 Å². The molecule has 4 aromatic carbocycles. The highest BCUT2D eigenvalue weighted by Gasteiger charge is 2.31. The Morgan fingerprint density at radius 3 is 0.556 bits per heavy atom. The maximum absolute atomic E-state index is 11.6. The van der Waals surface area contributed by atoms with Gasteiger partial charge in [-0.15, -0.1) is 0 Å². The number of phenolic OH excluding ortho intramolecular Hbond substituents is 3. The molecule has 3 nitrogen and oxygen atoms in total. The summed E-state index contributed by atoms with van der Waals surface area (Å²) in [5.74, 6) is 1.32. The first-order valence-electron chi connectivity index (χ1n) is 24.4. The third-order valence-corrected chi connectivity index (χ3v) is 13.6. The van der Waals surface area contributed by atoms with Gasteiger partial charge in [-0.25, -0.2) is 0 Å². The van der Waals surface area contributed by atoms with Gasteiger partial charge in [-0.2, -0.15) is 0 Å². The standard InChI is InChI=1S/C60H90O3/c1-22-40-43(28-25-37-31-46(55(4,5)6)52(61)47(32-37)56(7,8)9)41(23-2)45(30-27-39-35-50(59(16,17)18)54(63)51(36-39)60(19,20)21)42(24-3)44(40)29-26-38-33-48(57(10,11)12)53(62)49(34-38)58(13,14)15/h31-36,61-63H,22-30H2,1-21H3. The number of aryl methyl sites for hydroxylation is 3. The van der Waals surface area contributed by atoms with E-state index in [4.69, 9.17) is 0 Å². The molecular formula is C60H90O3. The molecule has 0 amide bonds. The van der Waals surface area contributed by atoms with Crippen LogP contribution < -0.4 is 0 Å². The van der Waals surface area contributed by atoms with Crippen LogP contribution in [0.1, 0.15) is 229 Å². The average molecular weight is 859 g/mol. The van der Waals surface area contributed by atoms with Gasteiger partial charge in [0.15, 0.2) is 0 Å². The summed E-state index contributed by atoms with van der Waals surface area (Å²) in [6.07, 6.45) is 8.45. The van der Waals surface area contributed by atoms with Gasteiger partial charge in [0.05, 0.1) is 0 Å². The molecule has 0 aliphatic heterocycles. The van der Waals surface area contributed by atoms with E-state index in [9.17, 15) is 15.3 Å². The quantitative estimate of drug-likeness (QED) is 0.133. The first kappa shape index (κ1) is 51.9. The Morgan fingerprint density at radius 1 is 0.270 bits per heavy atom. The Kier molecular flexibility index (Phi) is 15.4. The van der Waals surface area contributed by atoms with Crippen molar-refractivity contribution in [2.24, 2.45) is 0 Å². The van der Waals surface area contributed by atoms with Crippen LogP contribution in [0.15, 0.2) is 36.4 Å². The highest BCUT2D eigenvalue weighted by molar-refractivity contribution is 5.56. The zero-order valence-electron chi connectivity index (χ0n) is 44.2. The summed E-state index contributed by atoms with van der Waals surface area (Å²) in [6, 6.07) is 13.7. The molecule has 3 N–H and O–H groups in total. The molecule has 0 aliphatic carbocycles. The molecule has 0 aliphatic rings. The Hall–Kier alpha value is -3.72. The average Bonchev–Trinajstić information content (AvgIpc) is 3.13. The minimum Gasteiger partial charge on any atom is -0.507 e. The summed E-state index contributed by atoms with van der Waals surface area (Å²) in [5, 5.41) is 34.9. The number of hydrogen-bond acceptors (Lipinski definition) is 3. The van der Waals surface area contributed by atoms with Gasteiger partial charge in [0.25, 0.3) is 0 Å². The molecule has 63 heavy (non-hydrogen) atoms. The maximum Gasteiger partial charge on any atom is 0.123 e. The third kappa shape index (κ3) is 11.8. The number of aromatic hydroxyl groups is 3. The molecule has 4 rings (SSSR count). The van der Waals surface area contributed by atoms with Crippen LogP contribution in [0.25, 0.3) is 0 Å². The molecule has 0 radical (unpaired) electrons. The van der Waals surface area contributed by atoms with Crippen molar-refractivity contribution in [2.75, 3.05) is 0 Å². The van der Waals surface area contributed by atoms with Gasteiger partial charge in [0, 0.05) is 0 Å². The Morgan fingerprint density at radius 2 is 0.429 bits per heavy atom. The first-order chi connectivity index (χ1) is 28.7. The summed E-state index contributed by atoms with van der Waals surface area (Å²) < 4.78 is 0. The molecule has 4 aromatic rings. The van der Waals surface area contributed by atoms with Gasteiger partial charge in [-0.3, -0.25) is 0 Å². The smallest absolute Gasteiger partial charge is 0.123 e. The lowest BCUT2D eigenvalue weighted by molar-refractivity contribution is 0.422. The zero-order chi connectivity index (χ0) is 48.0. The SMILES string of the molecule is CCc1c(CCc2cc(C(C)(C)C)c(O)c(C(C)(C)C)c2)c(CC)c(CCc2cc(C(C)(C)C)c(O)c(C(C)(C)C)c2)c(CC)c1CCc1cc(C(C)(C)C)c(O)c(C(C)(C)C)c1. The summed E-state index contributed by atoms with van der Waals surface area (Å²) in [7, 11) is 0. The van der Waals surface area contributed by atoms with Gasteiger partial charge >= 0.3 is 0 Å². The maximum atomic E-state index is 11.6. The summed E-state index contributed by atoms with van der Waals surface area (Å²) in [5.41, 5.74) is 18.0. The predicted molar refractivity (Wildman–Crippen MR) is 273 cm³/mol. The largest absolute Gasteiger partial charge is 0.507 e. The highest BCUT2D eigenvalue weighted by atomic mass is 16.3. The van der Waals surface area contributed by atoms with Crippen molar-refractivity contribution < 1.29 is 15.3 Å². The van der Waals surface area contributed by atoms with Crippen molar-refractivity contribution in [2.45, 2.75) is 236 Å². The van der Waals surface area contributed by atoms with E-state index in [1.54, 1.807) is 0 Å². The van der Waals surface area contributed by atoms with Crippen molar-refractivity contribution in [1.29, 1.82) is 0 Å². The molecular weight excluding hydrogens is 769 g/mol. The molecule has 0 atom stereocenters. The molecule has 348 valence electrons. The molecule has 0 spiro atoms. The number of rotatable bonds is 12. The van der Waals surface area contributed by atoms with Crippen molar-refractivity contribution in [1.82, 2.24) is 0 Å². The summed E-state index contributed by atoms with van der Waals surface area (Å²) in [4.78, 5) is 0. The lowest BCUT2D eigenvalue weighted by atomic mass is 9.76. The molecule has 0 heterocycles. The fourth-order valence-electron chi connectivity index (χ4n) is 10.0. The molecule has 0 fully saturated rings. The lowest BCUT2D eigenvalue weighted by Gasteiger charge is -2.30. The molecule has 0 saturated heterocycles. The van der Waals surface area contributed by atoms with E-state index in [1.165, 1.54) is 50.1 Å². The fourth-order valence-corrected chi connectivity index (χ4v) is 10.0. The monoisotopic (exact) mass is 859 g/mol. The van der Waals surface area contributed by atoms with Crippen LogP contribution in [0.4, 0.5) is 0 Å². The van der Waals surface area contributed by atoms with Crippen LogP contribution >= 0.6 is 0 Å². The van der Waals surface area contributed by atoms with Crippen LogP contribution in [-0.2, 0) is 90.3 Å². The van der Waals surface area contributed by atoms with Gasteiger partial charge in [-0.1, -0.05) is 182 Å². The van der Waals surface area contributed by atoms with E-state index in [2.05, 4.69) is 182 Å². The second kappa shape index (κ2) is 18.6. The Labute approximate surface area is 386 Å². The van der Waals surface area contributed by atoms with Crippen LogP contribution in [-0.4, -0.2) is 15.3 Å². The van der Waals surface area contributed by atoms with E-state index < -0.39 is 0 Å². The molecule has 0 saturated carbocycles.